The fourth-order valence-corrected chi connectivity index (χ4v) is 2.86. The van der Waals surface area contributed by atoms with Gasteiger partial charge in [-0.2, -0.15) is 40.2 Å². The second-order valence-electron chi connectivity index (χ2n) is 6.19. The molecule has 0 unspecified atom stereocenters. The molecule has 0 aliphatic rings. The summed E-state index contributed by atoms with van der Waals surface area (Å²) in [4.78, 5) is 16.2. The van der Waals surface area contributed by atoms with Gasteiger partial charge >= 0.3 is 18.3 Å². The van der Waals surface area contributed by atoms with Gasteiger partial charge in [0.1, 0.15) is 17.9 Å². The van der Waals surface area contributed by atoms with E-state index >= 15 is 0 Å². The van der Waals surface area contributed by atoms with Gasteiger partial charge < -0.3 is 4.74 Å². The fraction of sp³-hybridized carbons (Fsp3) is 0.312. The van der Waals surface area contributed by atoms with Gasteiger partial charge in [-0.25, -0.2) is 4.98 Å². The van der Waals surface area contributed by atoms with Gasteiger partial charge in [-0.3, -0.25) is 13.9 Å². The lowest BCUT2D eigenvalue weighted by Gasteiger charge is -2.19. The number of aromatic nitrogens is 4. The summed E-state index contributed by atoms with van der Waals surface area (Å²) >= 11 is 5.88. The number of rotatable bonds is 4. The summed E-state index contributed by atoms with van der Waals surface area (Å²) in [5.74, 6) is -5.28. The standard InChI is InChI=1S/C16H9ClF8N4O2/c1-31-9-2-10-27-12(15(20,21)22)11(13(30)29(10)5-8(9)17)7-3-26-28(4-7)6-14(18,19)16(23,24)25/h2-5H,6H2,1H3. The minimum Gasteiger partial charge on any atom is -0.495 e. The molecule has 3 heterocycles. The number of halogens is 9. The van der Waals surface area contributed by atoms with Crippen LogP contribution in [-0.4, -0.2) is 38.4 Å². The van der Waals surface area contributed by atoms with Crippen LogP contribution in [0.15, 0.2) is 29.5 Å². The molecule has 0 spiro atoms. The summed E-state index contributed by atoms with van der Waals surface area (Å²) in [7, 11) is 1.18. The minimum atomic E-state index is -5.91. The van der Waals surface area contributed by atoms with E-state index in [1.807, 2.05) is 0 Å². The second-order valence-corrected chi connectivity index (χ2v) is 6.59. The van der Waals surface area contributed by atoms with Crippen LogP contribution < -0.4 is 10.3 Å². The Hall–Kier alpha value is -2.90. The Bertz CT molecular complexity index is 1200. The fourth-order valence-electron chi connectivity index (χ4n) is 2.63. The Kier molecular flexibility index (Phi) is 5.40. The predicted octanol–water partition coefficient (Wildman–Crippen LogP) is 4.44. The Balaban J connectivity index is 2.21. The third-order valence-corrected chi connectivity index (χ3v) is 4.35. The molecule has 0 aromatic carbocycles. The minimum absolute atomic E-state index is 0.0726. The summed E-state index contributed by atoms with van der Waals surface area (Å²) in [6, 6.07) is 0.968. The molecule has 0 atom stereocenters. The molecule has 3 aromatic rings. The molecule has 0 aliphatic heterocycles. The maximum atomic E-state index is 13.6. The van der Waals surface area contributed by atoms with Crippen molar-refractivity contribution in [2.75, 3.05) is 7.11 Å². The maximum absolute atomic E-state index is 13.6. The zero-order valence-corrected chi connectivity index (χ0v) is 15.8. The molecular weight excluding hydrogens is 468 g/mol. The van der Waals surface area contributed by atoms with Crippen LogP contribution in [0.3, 0.4) is 0 Å². The van der Waals surface area contributed by atoms with Crippen molar-refractivity contribution in [3.8, 4) is 16.9 Å². The van der Waals surface area contributed by atoms with Crippen molar-refractivity contribution in [3.63, 3.8) is 0 Å². The van der Waals surface area contributed by atoms with Crippen molar-refractivity contribution >= 4 is 17.2 Å². The van der Waals surface area contributed by atoms with E-state index in [0.717, 1.165) is 12.3 Å². The number of hydrogen-bond acceptors (Lipinski definition) is 4. The van der Waals surface area contributed by atoms with E-state index in [-0.39, 0.29) is 15.5 Å². The number of hydrogen-bond donors (Lipinski definition) is 0. The largest absolute Gasteiger partial charge is 0.495 e. The van der Waals surface area contributed by atoms with Crippen LogP contribution in [-0.2, 0) is 12.7 Å². The van der Waals surface area contributed by atoms with E-state index in [1.165, 1.54) is 7.11 Å². The first-order valence-corrected chi connectivity index (χ1v) is 8.38. The van der Waals surface area contributed by atoms with Crippen molar-refractivity contribution < 1.29 is 39.9 Å². The van der Waals surface area contributed by atoms with E-state index in [1.54, 1.807) is 0 Å². The van der Waals surface area contributed by atoms with Crippen molar-refractivity contribution in [1.82, 2.24) is 19.2 Å². The highest BCUT2D eigenvalue weighted by Gasteiger charge is 2.57. The molecule has 6 nitrogen and oxygen atoms in total. The molecule has 0 N–H and O–H groups in total. The number of nitrogens with zero attached hydrogens (tertiary/aromatic N) is 4. The molecule has 0 amide bonds. The van der Waals surface area contributed by atoms with E-state index in [4.69, 9.17) is 16.3 Å². The van der Waals surface area contributed by atoms with Gasteiger partial charge in [-0.15, -0.1) is 0 Å². The number of fused-ring (bicyclic) bond motifs is 1. The molecule has 0 fully saturated rings. The highest BCUT2D eigenvalue weighted by atomic mass is 35.5. The molecule has 31 heavy (non-hydrogen) atoms. The topological polar surface area (TPSA) is 61.4 Å². The lowest BCUT2D eigenvalue weighted by Crippen LogP contribution is -2.40. The van der Waals surface area contributed by atoms with Crippen molar-refractivity contribution in [2.45, 2.75) is 24.8 Å². The summed E-state index contributed by atoms with van der Waals surface area (Å²) in [5, 5.41) is 3.08. The average Bonchev–Trinajstić information content (AvgIpc) is 3.07. The lowest BCUT2D eigenvalue weighted by atomic mass is 10.1. The van der Waals surface area contributed by atoms with E-state index in [2.05, 4.69) is 10.1 Å². The van der Waals surface area contributed by atoms with Crippen LogP contribution in [0, 0.1) is 0 Å². The number of pyridine rings is 1. The van der Waals surface area contributed by atoms with Gasteiger partial charge in [0.15, 0.2) is 5.69 Å². The Labute approximate surface area is 171 Å². The first-order chi connectivity index (χ1) is 14.2. The third-order valence-electron chi connectivity index (χ3n) is 4.07. The average molecular weight is 477 g/mol. The van der Waals surface area contributed by atoms with Crippen molar-refractivity contribution in [3.05, 3.63) is 45.7 Å². The Morgan fingerprint density at radius 3 is 2.29 bits per heavy atom. The van der Waals surface area contributed by atoms with Crippen LogP contribution in [0.4, 0.5) is 35.1 Å². The molecule has 0 aliphatic carbocycles. The molecule has 15 heteroatoms. The van der Waals surface area contributed by atoms with Crippen LogP contribution in [0.1, 0.15) is 5.69 Å². The number of alkyl halides is 8. The molecule has 0 saturated heterocycles. The SMILES string of the molecule is COc1cc2nc(C(F)(F)F)c(-c3cnn(CC(F)(F)C(F)(F)F)c3)c(=O)n2cc1Cl. The summed E-state index contributed by atoms with van der Waals surface area (Å²) in [6.45, 7) is -2.00. The molecule has 168 valence electrons. The van der Waals surface area contributed by atoms with Crippen LogP contribution >= 0.6 is 11.6 Å². The molecule has 3 aromatic heterocycles. The third kappa shape index (κ3) is 4.16. The summed E-state index contributed by atoms with van der Waals surface area (Å²) in [5.41, 5.74) is -5.25. The van der Waals surface area contributed by atoms with Gasteiger partial charge in [0.25, 0.3) is 5.56 Å². The first-order valence-electron chi connectivity index (χ1n) is 8.00. The summed E-state index contributed by atoms with van der Waals surface area (Å²) < 4.78 is 110. The smallest absolute Gasteiger partial charge is 0.455 e. The zero-order valence-electron chi connectivity index (χ0n) is 15.0. The van der Waals surface area contributed by atoms with Gasteiger partial charge in [0.2, 0.25) is 0 Å². The molecular formula is C16H9ClF8N4O2. The van der Waals surface area contributed by atoms with Crippen LogP contribution in [0.25, 0.3) is 16.8 Å². The van der Waals surface area contributed by atoms with Gasteiger partial charge in [0.05, 0.1) is 23.9 Å². The number of methoxy groups -OCH3 is 1. The van der Waals surface area contributed by atoms with E-state index in [9.17, 15) is 39.9 Å². The Morgan fingerprint density at radius 1 is 1.10 bits per heavy atom. The predicted molar refractivity (Wildman–Crippen MR) is 90.2 cm³/mol. The lowest BCUT2D eigenvalue weighted by molar-refractivity contribution is -0.287. The summed E-state index contributed by atoms with van der Waals surface area (Å²) in [6.07, 6.45) is -9.14. The first kappa shape index (κ1) is 22.8. The maximum Gasteiger partial charge on any atom is 0.455 e. The van der Waals surface area contributed by atoms with Crippen molar-refractivity contribution in [2.24, 2.45) is 0 Å². The number of ether oxygens (including phenoxy) is 1. The molecule has 0 saturated carbocycles. The van der Waals surface area contributed by atoms with Crippen molar-refractivity contribution in [1.29, 1.82) is 0 Å². The highest BCUT2D eigenvalue weighted by molar-refractivity contribution is 6.32. The van der Waals surface area contributed by atoms with Gasteiger partial charge in [-0.1, -0.05) is 11.6 Å². The highest BCUT2D eigenvalue weighted by Crippen LogP contribution is 2.38. The van der Waals surface area contributed by atoms with Gasteiger partial charge in [0, 0.05) is 24.0 Å². The Morgan fingerprint density at radius 2 is 1.74 bits per heavy atom. The van der Waals surface area contributed by atoms with E-state index in [0.29, 0.717) is 16.8 Å². The molecule has 0 bridgehead atoms. The quantitative estimate of drug-likeness (QED) is 0.523. The van der Waals surface area contributed by atoms with E-state index < -0.39 is 52.8 Å². The second kappa shape index (κ2) is 7.35. The van der Waals surface area contributed by atoms with Gasteiger partial charge in [-0.05, 0) is 0 Å². The van der Waals surface area contributed by atoms with Crippen LogP contribution in [0.5, 0.6) is 5.75 Å². The molecule has 3 rings (SSSR count). The zero-order chi connectivity index (χ0) is 23.4. The molecule has 0 radical (unpaired) electrons. The monoisotopic (exact) mass is 476 g/mol. The van der Waals surface area contributed by atoms with Crippen LogP contribution in [0.2, 0.25) is 5.02 Å². The normalized spacial score (nSPS) is 13.1.